The van der Waals surface area contributed by atoms with Crippen LogP contribution < -0.4 is 0 Å². The summed E-state index contributed by atoms with van der Waals surface area (Å²) in [6.45, 7) is 0. The second-order valence-corrected chi connectivity index (χ2v) is 7.07. The standard InChI is InChI=1S/C12H14/c1-7-3-10-2-8-4-9(1)5-11(7,10)12(8,9)6-10/h7-8H,1-6H2. The van der Waals surface area contributed by atoms with E-state index in [4.69, 9.17) is 0 Å². The predicted octanol–water partition coefficient (Wildman–Crippen LogP) is 2.59. The summed E-state index contributed by atoms with van der Waals surface area (Å²) in [5, 5.41) is 0. The van der Waals surface area contributed by atoms with E-state index in [1.807, 2.05) is 0 Å². The van der Waals surface area contributed by atoms with Crippen LogP contribution in [0.1, 0.15) is 38.5 Å². The zero-order chi connectivity index (χ0) is 7.40. The number of hydrogen-bond donors (Lipinski definition) is 0. The van der Waals surface area contributed by atoms with Gasteiger partial charge in [-0.1, -0.05) is 0 Å². The molecule has 2 atom stereocenters. The third kappa shape index (κ3) is 0.161. The summed E-state index contributed by atoms with van der Waals surface area (Å²) in [5.74, 6) is 2.50. The van der Waals surface area contributed by atoms with Gasteiger partial charge in [0.2, 0.25) is 0 Å². The molecule has 0 heterocycles. The summed E-state index contributed by atoms with van der Waals surface area (Å²) in [5.41, 5.74) is 4.03. The molecule has 0 heteroatoms. The van der Waals surface area contributed by atoms with Crippen molar-refractivity contribution in [1.82, 2.24) is 0 Å². The van der Waals surface area contributed by atoms with E-state index in [1.54, 1.807) is 38.5 Å². The summed E-state index contributed by atoms with van der Waals surface area (Å²) in [6, 6.07) is 0. The highest BCUT2D eigenvalue weighted by Crippen LogP contribution is 3.12. The van der Waals surface area contributed by atoms with Crippen molar-refractivity contribution in [2.24, 2.45) is 33.5 Å². The molecule has 0 aromatic rings. The molecule has 8 rings (SSSR count). The summed E-state index contributed by atoms with van der Waals surface area (Å²) in [6.07, 6.45) is 10.1. The van der Waals surface area contributed by atoms with Gasteiger partial charge in [0.25, 0.3) is 0 Å². The summed E-state index contributed by atoms with van der Waals surface area (Å²) >= 11 is 0. The molecule has 0 aromatic carbocycles. The van der Waals surface area contributed by atoms with Gasteiger partial charge < -0.3 is 0 Å². The lowest BCUT2D eigenvalue weighted by Crippen LogP contribution is -2.81. The first-order valence-corrected chi connectivity index (χ1v) is 5.79. The highest BCUT2D eigenvalue weighted by atomic mass is 15.1. The molecule has 62 valence electrons. The minimum Gasteiger partial charge on any atom is -0.0436 e. The molecule has 8 saturated carbocycles. The van der Waals surface area contributed by atoms with Crippen LogP contribution in [0.3, 0.4) is 0 Å². The first kappa shape index (κ1) is 5.02. The normalized spacial score (nSPS) is 94.0. The molecule has 2 unspecified atom stereocenters. The van der Waals surface area contributed by atoms with E-state index < -0.39 is 0 Å². The molecule has 4 spiro atoms. The molecule has 4 bridgehead atoms. The van der Waals surface area contributed by atoms with Gasteiger partial charge in [0.05, 0.1) is 0 Å². The molecule has 8 aliphatic carbocycles. The molecule has 12 heavy (non-hydrogen) atoms. The predicted molar refractivity (Wildman–Crippen MR) is 44.4 cm³/mol. The second-order valence-electron chi connectivity index (χ2n) is 7.07. The molecule has 0 radical (unpaired) electrons. The molecule has 8 aliphatic rings. The molecular weight excluding hydrogens is 144 g/mol. The van der Waals surface area contributed by atoms with Crippen molar-refractivity contribution in [2.75, 3.05) is 0 Å². The SMILES string of the molecule is C1C2CC34CC5CC16CC53C26C4. The second kappa shape index (κ2) is 0.849. The fourth-order valence-corrected chi connectivity index (χ4v) is 8.34. The van der Waals surface area contributed by atoms with Gasteiger partial charge in [-0.2, -0.15) is 0 Å². The van der Waals surface area contributed by atoms with Crippen molar-refractivity contribution in [3.63, 3.8) is 0 Å². The van der Waals surface area contributed by atoms with Crippen LogP contribution in [0, 0.1) is 33.5 Å². The van der Waals surface area contributed by atoms with Crippen LogP contribution in [-0.2, 0) is 0 Å². The van der Waals surface area contributed by atoms with E-state index in [1.165, 1.54) is 11.8 Å². The van der Waals surface area contributed by atoms with Crippen molar-refractivity contribution in [3.05, 3.63) is 0 Å². The molecule has 0 nitrogen and oxygen atoms in total. The highest BCUT2D eigenvalue weighted by Gasteiger charge is 3.05. The van der Waals surface area contributed by atoms with E-state index in [0.29, 0.717) is 0 Å². The summed E-state index contributed by atoms with van der Waals surface area (Å²) < 4.78 is 0. The van der Waals surface area contributed by atoms with Crippen molar-refractivity contribution < 1.29 is 0 Å². The largest absolute Gasteiger partial charge is 0.0436 e. The maximum atomic E-state index is 1.71. The Hall–Kier alpha value is 0. The summed E-state index contributed by atoms with van der Waals surface area (Å²) in [4.78, 5) is 0. The van der Waals surface area contributed by atoms with Gasteiger partial charge >= 0.3 is 0 Å². The quantitative estimate of drug-likeness (QED) is 0.508. The average Bonchev–Trinajstić information content (AvgIpc) is 2.49. The highest BCUT2D eigenvalue weighted by molar-refractivity contribution is 5.53. The van der Waals surface area contributed by atoms with Crippen LogP contribution in [-0.4, -0.2) is 0 Å². The molecule has 8 fully saturated rings. The Morgan fingerprint density at radius 3 is 1.50 bits per heavy atom. The zero-order valence-electron chi connectivity index (χ0n) is 7.40. The van der Waals surface area contributed by atoms with Crippen LogP contribution in [0.15, 0.2) is 0 Å². The van der Waals surface area contributed by atoms with Gasteiger partial charge in [0, 0.05) is 0 Å². The van der Waals surface area contributed by atoms with Gasteiger partial charge in [-0.05, 0) is 72.0 Å². The van der Waals surface area contributed by atoms with Crippen molar-refractivity contribution >= 4 is 0 Å². The Balaban J connectivity index is 1.87. The van der Waals surface area contributed by atoms with E-state index in [0.717, 1.165) is 21.7 Å². The van der Waals surface area contributed by atoms with Crippen molar-refractivity contribution in [3.8, 4) is 0 Å². The van der Waals surface area contributed by atoms with Crippen molar-refractivity contribution in [1.29, 1.82) is 0 Å². The summed E-state index contributed by atoms with van der Waals surface area (Å²) in [7, 11) is 0. The third-order valence-electron chi connectivity index (χ3n) is 7.87. The van der Waals surface area contributed by atoms with Gasteiger partial charge in [-0.15, -0.1) is 0 Å². The maximum Gasteiger partial charge on any atom is -0.0142 e. The van der Waals surface area contributed by atoms with Crippen LogP contribution in [0.4, 0.5) is 0 Å². The van der Waals surface area contributed by atoms with Crippen LogP contribution >= 0.6 is 0 Å². The van der Waals surface area contributed by atoms with Gasteiger partial charge in [-0.3, -0.25) is 0 Å². The van der Waals surface area contributed by atoms with E-state index in [9.17, 15) is 0 Å². The third-order valence-corrected chi connectivity index (χ3v) is 7.87. The van der Waals surface area contributed by atoms with Crippen molar-refractivity contribution in [2.45, 2.75) is 38.5 Å². The Morgan fingerprint density at radius 1 is 0.667 bits per heavy atom. The molecular formula is C12H14. The topological polar surface area (TPSA) is 0 Å². The Kier molecular flexibility index (Phi) is 0.355. The number of hydrogen-bond acceptors (Lipinski definition) is 0. The zero-order valence-corrected chi connectivity index (χ0v) is 7.40. The maximum absolute atomic E-state index is 1.71. The average molecular weight is 158 g/mol. The van der Waals surface area contributed by atoms with E-state index in [2.05, 4.69) is 0 Å². The lowest BCUT2D eigenvalue weighted by molar-refractivity contribution is -0.391. The molecule has 0 amide bonds. The Morgan fingerprint density at radius 2 is 1.08 bits per heavy atom. The molecule has 0 aromatic heterocycles. The minimum absolute atomic E-state index is 0.985. The van der Waals surface area contributed by atoms with Crippen LogP contribution in [0.2, 0.25) is 0 Å². The van der Waals surface area contributed by atoms with E-state index in [-0.39, 0.29) is 0 Å². The first-order chi connectivity index (χ1) is 5.79. The van der Waals surface area contributed by atoms with Gasteiger partial charge in [0.15, 0.2) is 0 Å². The van der Waals surface area contributed by atoms with Gasteiger partial charge in [0.1, 0.15) is 0 Å². The number of rotatable bonds is 0. The lowest BCUT2D eigenvalue weighted by Gasteiger charge is -2.86. The Bertz CT molecular complexity index is 336. The van der Waals surface area contributed by atoms with Crippen LogP contribution in [0.25, 0.3) is 0 Å². The fourth-order valence-electron chi connectivity index (χ4n) is 8.34. The smallest absolute Gasteiger partial charge is 0.0142 e. The minimum atomic E-state index is 0.985. The molecule has 0 saturated heterocycles. The lowest BCUT2D eigenvalue weighted by atomic mass is 9.17. The molecule has 0 N–H and O–H groups in total. The first-order valence-electron chi connectivity index (χ1n) is 5.79. The van der Waals surface area contributed by atoms with Crippen LogP contribution in [0.5, 0.6) is 0 Å². The monoisotopic (exact) mass is 158 g/mol. The Labute approximate surface area is 72.7 Å². The van der Waals surface area contributed by atoms with E-state index >= 15 is 0 Å². The fraction of sp³-hybridized carbons (Fsp3) is 1.00. The molecule has 0 aliphatic heterocycles. The van der Waals surface area contributed by atoms with Gasteiger partial charge in [-0.25, -0.2) is 0 Å².